The fourth-order valence-corrected chi connectivity index (χ4v) is 2.24. The number of carbonyl (C=O) groups is 1. The van der Waals surface area contributed by atoms with E-state index in [1.54, 1.807) is 0 Å². The van der Waals surface area contributed by atoms with E-state index in [1.165, 1.54) is 23.3 Å². The Bertz CT molecular complexity index is 640. The number of carbonyl (C=O) groups excluding carboxylic acids is 1. The highest BCUT2D eigenvalue weighted by Gasteiger charge is 2.11. The minimum absolute atomic E-state index is 0.217. The van der Waals surface area contributed by atoms with Gasteiger partial charge >= 0.3 is 0 Å². The Morgan fingerprint density at radius 3 is 2.90 bits per heavy atom. The second kappa shape index (κ2) is 5.38. The molecule has 102 valence electrons. The van der Waals surface area contributed by atoms with Crippen LogP contribution in [0.3, 0.4) is 0 Å². The van der Waals surface area contributed by atoms with Crippen molar-refractivity contribution in [3.63, 3.8) is 0 Å². The van der Waals surface area contributed by atoms with E-state index in [1.807, 2.05) is 6.07 Å². The summed E-state index contributed by atoms with van der Waals surface area (Å²) in [4.78, 5) is 15.6. The van der Waals surface area contributed by atoms with Crippen LogP contribution in [0.25, 0.3) is 0 Å². The zero-order valence-electron chi connectivity index (χ0n) is 10.8. The number of pyridine rings is 1. The molecule has 1 aromatic heterocycles. The lowest BCUT2D eigenvalue weighted by Gasteiger charge is -2.06. The Morgan fingerprint density at radius 1 is 1.25 bits per heavy atom. The predicted molar refractivity (Wildman–Crippen MR) is 72.4 cm³/mol. The summed E-state index contributed by atoms with van der Waals surface area (Å²) in [5.41, 5.74) is 3.84. The Balaban J connectivity index is 1.64. The summed E-state index contributed by atoms with van der Waals surface area (Å²) in [5.74, 6) is -0.753. The highest BCUT2D eigenvalue weighted by Crippen LogP contribution is 2.16. The Labute approximate surface area is 116 Å². The molecular weight excluding hydrogens is 257 g/mol. The van der Waals surface area contributed by atoms with Crippen LogP contribution >= 0.6 is 0 Å². The van der Waals surface area contributed by atoms with Gasteiger partial charge in [0.25, 0.3) is 5.91 Å². The standard InChI is InChI=1S/C15H14FN3O/c16-13-3-4-14(18-9-13)15(20)19-6-10-1-2-11-7-17-8-12(11)5-10/h1-5,9,17H,6-8H2,(H,19,20). The second-order valence-corrected chi connectivity index (χ2v) is 4.75. The number of fused-ring (bicyclic) bond motifs is 1. The fraction of sp³-hybridized carbons (Fsp3) is 0.200. The van der Waals surface area contributed by atoms with Crippen molar-refractivity contribution >= 4 is 5.91 Å². The van der Waals surface area contributed by atoms with Gasteiger partial charge in [-0.15, -0.1) is 0 Å². The van der Waals surface area contributed by atoms with Gasteiger partial charge in [0.05, 0.1) is 6.20 Å². The van der Waals surface area contributed by atoms with Crippen LogP contribution in [0.1, 0.15) is 27.2 Å². The summed E-state index contributed by atoms with van der Waals surface area (Å²) in [6.07, 6.45) is 1.04. The monoisotopic (exact) mass is 271 g/mol. The molecule has 4 nitrogen and oxygen atoms in total. The van der Waals surface area contributed by atoms with Crippen LogP contribution in [0, 0.1) is 5.82 Å². The van der Waals surface area contributed by atoms with Crippen molar-refractivity contribution in [3.8, 4) is 0 Å². The van der Waals surface area contributed by atoms with Gasteiger partial charge in [-0.2, -0.15) is 0 Å². The zero-order valence-corrected chi connectivity index (χ0v) is 10.8. The van der Waals surface area contributed by atoms with Gasteiger partial charge in [0.1, 0.15) is 11.5 Å². The molecule has 2 N–H and O–H groups in total. The topological polar surface area (TPSA) is 54.0 Å². The van der Waals surface area contributed by atoms with E-state index in [9.17, 15) is 9.18 Å². The van der Waals surface area contributed by atoms with Gasteiger partial charge in [0.2, 0.25) is 0 Å². The molecule has 1 amide bonds. The van der Waals surface area contributed by atoms with Crippen molar-refractivity contribution in [1.29, 1.82) is 0 Å². The van der Waals surface area contributed by atoms with E-state index < -0.39 is 5.82 Å². The lowest BCUT2D eigenvalue weighted by molar-refractivity contribution is 0.0946. The molecule has 0 saturated carbocycles. The van der Waals surface area contributed by atoms with Crippen molar-refractivity contribution in [1.82, 2.24) is 15.6 Å². The Morgan fingerprint density at radius 2 is 2.10 bits per heavy atom. The SMILES string of the molecule is O=C(NCc1ccc2c(c1)CNC2)c1ccc(F)cn1. The van der Waals surface area contributed by atoms with E-state index in [-0.39, 0.29) is 11.6 Å². The average molecular weight is 271 g/mol. The van der Waals surface area contributed by atoms with Crippen molar-refractivity contribution in [2.24, 2.45) is 0 Å². The summed E-state index contributed by atoms with van der Waals surface area (Å²) in [5, 5.41) is 6.06. The van der Waals surface area contributed by atoms with Crippen LogP contribution < -0.4 is 10.6 Å². The highest BCUT2D eigenvalue weighted by atomic mass is 19.1. The second-order valence-electron chi connectivity index (χ2n) is 4.75. The van der Waals surface area contributed by atoms with Crippen LogP contribution in [-0.2, 0) is 19.6 Å². The first-order chi connectivity index (χ1) is 9.72. The molecule has 5 heteroatoms. The summed E-state index contributed by atoms with van der Waals surface area (Å²) in [6, 6.07) is 8.77. The molecule has 0 fully saturated rings. The molecular formula is C15H14FN3O. The third-order valence-electron chi connectivity index (χ3n) is 3.31. The lowest BCUT2D eigenvalue weighted by atomic mass is 10.1. The van der Waals surface area contributed by atoms with Crippen LogP contribution in [0.15, 0.2) is 36.5 Å². The molecule has 0 aliphatic carbocycles. The molecule has 0 bridgehead atoms. The number of nitrogens with zero attached hydrogens (tertiary/aromatic N) is 1. The van der Waals surface area contributed by atoms with Gasteiger partial charge in [0, 0.05) is 19.6 Å². The normalized spacial score (nSPS) is 13.1. The van der Waals surface area contributed by atoms with Crippen LogP contribution in [0.2, 0.25) is 0 Å². The van der Waals surface area contributed by atoms with E-state index in [4.69, 9.17) is 0 Å². The van der Waals surface area contributed by atoms with Crippen molar-refractivity contribution in [2.75, 3.05) is 0 Å². The van der Waals surface area contributed by atoms with Crippen molar-refractivity contribution in [2.45, 2.75) is 19.6 Å². The van der Waals surface area contributed by atoms with Gasteiger partial charge in [0.15, 0.2) is 0 Å². The first-order valence-corrected chi connectivity index (χ1v) is 6.43. The third-order valence-corrected chi connectivity index (χ3v) is 3.31. The van der Waals surface area contributed by atoms with Gasteiger partial charge in [-0.05, 0) is 28.8 Å². The molecule has 1 aromatic carbocycles. The summed E-state index contributed by atoms with van der Waals surface area (Å²) in [7, 11) is 0. The molecule has 1 aliphatic heterocycles. The lowest BCUT2D eigenvalue weighted by Crippen LogP contribution is -2.23. The minimum Gasteiger partial charge on any atom is -0.347 e. The molecule has 20 heavy (non-hydrogen) atoms. The van der Waals surface area contributed by atoms with E-state index in [2.05, 4.69) is 27.8 Å². The molecule has 2 aromatic rings. The molecule has 1 aliphatic rings. The van der Waals surface area contributed by atoms with Crippen molar-refractivity contribution < 1.29 is 9.18 Å². The maximum Gasteiger partial charge on any atom is 0.270 e. The van der Waals surface area contributed by atoms with Gasteiger partial charge in [-0.3, -0.25) is 4.79 Å². The van der Waals surface area contributed by atoms with Crippen molar-refractivity contribution in [3.05, 3.63) is 64.7 Å². The zero-order chi connectivity index (χ0) is 13.9. The van der Waals surface area contributed by atoms with E-state index >= 15 is 0 Å². The largest absolute Gasteiger partial charge is 0.347 e. The number of rotatable bonds is 3. The smallest absolute Gasteiger partial charge is 0.270 e. The van der Waals surface area contributed by atoms with Gasteiger partial charge in [-0.1, -0.05) is 18.2 Å². The maximum absolute atomic E-state index is 12.7. The van der Waals surface area contributed by atoms with Gasteiger partial charge < -0.3 is 10.6 Å². The van der Waals surface area contributed by atoms with Crippen LogP contribution in [0.4, 0.5) is 4.39 Å². The maximum atomic E-state index is 12.7. The first kappa shape index (κ1) is 12.7. The number of halogens is 1. The number of benzene rings is 1. The average Bonchev–Trinajstić information content (AvgIpc) is 2.93. The Hall–Kier alpha value is -2.27. The summed E-state index contributed by atoms with van der Waals surface area (Å²) < 4.78 is 12.7. The molecule has 2 heterocycles. The van der Waals surface area contributed by atoms with E-state index in [0.717, 1.165) is 24.8 Å². The number of hydrogen-bond acceptors (Lipinski definition) is 3. The first-order valence-electron chi connectivity index (χ1n) is 6.43. The van der Waals surface area contributed by atoms with Gasteiger partial charge in [-0.25, -0.2) is 9.37 Å². The molecule has 0 unspecified atom stereocenters. The van der Waals surface area contributed by atoms with Crippen LogP contribution in [-0.4, -0.2) is 10.9 Å². The molecule has 0 radical (unpaired) electrons. The molecule has 3 rings (SSSR count). The minimum atomic E-state index is -0.451. The molecule has 0 spiro atoms. The van der Waals surface area contributed by atoms with E-state index in [0.29, 0.717) is 6.54 Å². The number of nitrogens with one attached hydrogen (secondary N) is 2. The van der Waals surface area contributed by atoms with Crippen LogP contribution in [0.5, 0.6) is 0 Å². The quantitative estimate of drug-likeness (QED) is 0.894. The number of amides is 1. The summed E-state index contributed by atoms with van der Waals surface area (Å²) >= 11 is 0. The summed E-state index contributed by atoms with van der Waals surface area (Å²) in [6.45, 7) is 2.21. The highest BCUT2D eigenvalue weighted by molar-refractivity contribution is 5.92. The number of hydrogen-bond donors (Lipinski definition) is 2. The third kappa shape index (κ3) is 2.67. The predicted octanol–water partition coefficient (Wildman–Crippen LogP) is 1.75. The Kier molecular flexibility index (Phi) is 3.43. The molecule has 0 saturated heterocycles. The molecule has 0 atom stereocenters. The number of aromatic nitrogens is 1. The fourth-order valence-electron chi connectivity index (χ4n) is 2.24.